The smallest absolute Gasteiger partial charge is 0.357 e. The Labute approximate surface area is 136 Å². The van der Waals surface area contributed by atoms with Gasteiger partial charge < -0.3 is 10.6 Å². The molecule has 0 atom stereocenters. The molecule has 0 heterocycles. The van der Waals surface area contributed by atoms with Crippen LogP contribution in [0.15, 0.2) is 29.3 Å². The van der Waals surface area contributed by atoms with Crippen LogP contribution in [-0.2, 0) is 5.41 Å². The molecule has 130 valence electrons. The Morgan fingerprint density at radius 3 is 2.22 bits per heavy atom. The molecule has 0 aliphatic carbocycles. The Bertz CT molecular complexity index is 505. The number of rotatable bonds is 6. The van der Waals surface area contributed by atoms with Gasteiger partial charge in [0.15, 0.2) is 5.96 Å². The molecule has 23 heavy (non-hydrogen) atoms. The minimum absolute atomic E-state index is 0.180. The third kappa shape index (κ3) is 7.39. The summed E-state index contributed by atoms with van der Waals surface area (Å²) in [6.45, 7) is 8.95. The van der Waals surface area contributed by atoms with Crippen molar-refractivity contribution in [2.45, 2.75) is 45.7 Å². The molecule has 0 unspecified atom stereocenters. The number of hydrogen-bond acceptors (Lipinski definition) is 1. The van der Waals surface area contributed by atoms with E-state index in [4.69, 9.17) is 0 Å². The van der Waals surface area contributed by atoms with Crippen LogP contribution in [0.3, 0.4) is 0 Å². The van der Waals surface area contributed by atoms with Crippen LogP contribution in [0.5, 0.6) is 0 Å². The lowest BCUT2D eigenvalue weighted by atomic mass is 9.84. The highest BCUT2D eigenvalue weighted by molar-refractivity contribution is 5.79. The number of benzene rings is 1. The van der Waals surface area contributed by atoms with E-state index in [0.29, 0.717) is 19.0 Å². The molecular weight excluding hydrogens is 303 g/mol. The van der Waals surface area contributed by atoms with Gasteiger partial charge in [-0.25, -0.2) is 0 Å². The number of halogens is 3. The maximum atomic E-state index is 12.2. The molecule has 0 saturated heterocycles. The van der Waals surface area contributed by atoms with Gasteiger partial charge in [0.2, 0.25) is 0 Å². The van der Waals surface area contributed by atoms with Crippen molar-refractivity contribution in [3.8, 4) is 0 Å². The zero-order chi connectivity index (χ0) is 17.5. The molecule has 0 radical (unpaired) electrons. The van der Waals surface area contributed by atoms with Crippen molar-refractivity contribution in [1.29, 1.82) is 0 Å². The third-order valence-electron chi connectivity index (χ3n) is 3.51. The van der Waals surface area contributed by atoms with Gasteiger partial charge in [-0.15, -0.1) is 0 Å². The molecule has 0 spiro atoms. The van der Waals surface area contributed by atoms with E-state index >= 15 is 0 Å². The Morgan fingerprint density at radius 2 is 1.70 bits per heavy atom. The summed E-state index contributed by atoms with van der Waals surface area (Å²) < 4.78 is 36.7. The second-order valence-corrected chi connectivity index (χ2v) is 6.24. The van der Waals surface area contributed by atoms with Crippen LogP contribution in [-0.4, -0.2) is 31.8 Å². The average Bonchev–Trinajstić information content (AvgIpc) is 2.44. The summed E-state index contributed by atoms with van der Waals surface area (Å²) in [4.78, 5) is 4.43. The maximum absolute atomic E-state index is 12.2. The fraction of sp³-hybridized carbons (Fsp3) is 0.588. The van der Waals surface area contributed by atoms with Gasteiger partial charge in [-0.2, -0.15) is 13.2 Å². The molecule has 0 aliphatic rings. The van der Waals surface area contributed by atoms with Crippen LogP contribution in [0.1, 0.15) is 38.3 Å². The molecule has 1 aromatic carbocycles. The van der Waals surface area contributed by atoms with Gasteiger partial charge in [-0.05, 0) is 19.4 Å². The van der Waals surface area contributed by atoms with Crippen LogP contribution in [0.4, 0.5) is 13.2 Å². The number of alkyl halides is 3. The minimum atomic E-state index is -4.16. The van der Waals surface area contributed by atoms with Crippen molar-refractivity contribution in [3.63, 3.8) is 0 Å². The second-order valence-electron chi connectivity index (χ2n) is 6.24. The zero-order valence-electron chi connectivity index (χ0n) is 14.2. The van der Waals surface area contributed by atoms with Crippen LogP contribution >= 0.6 is 0 Å². The number of aliphatic imine (C=N–C) groups is 1. The first-order valence-corrected chi connectivity index (χ1v) is 7.80. The molecule has 0 aliphatic heterocycles. The third-order valence-corrected chi connectivity index (χ3v) is 3.51. The fourth-order valence-corrected chi connectivity index (χ4v) is 2.04. The predicted molar refractivity (Wildman–Crippen MR) is 88.9 cm³/mol. The molecule has 1 aromatic rings. The average molecular weight is 329 g/mol. The lowest BCUT2D eigenvalue weighted by Gasteiger charge is -2.24. The molecule has 0 saturated carbocycles. The monoisotopic (exact) mass is 329 g/mol. The lowest BCUT2D eigenvalue weighted by molar-refractivity contribution is -0.132. The van der Waals surface area contributed by atoms with E-state index in [1.54, 1.807) is 0 Å². The first kappa shape index (κ1) is 19.3. The standard InChI is InChI=1S/C17H26F3N3/c1-5-21-15(22-11-10-17(18,19)20)23-12-16(3,4)14-8-6-13(2)7-9-14/h6-9H,5,10-12H2,1-4H3,(H2,21,22,23). The van der Waals surface area contributed by atoms with Crippen LogP contribution in [0.25, 0.3) is 0 Å². The molecular formula is C17H26F3N3. The van der Waals surface area contributed by atoms with Crippen molar-refractivity contribution in [1.82, 2.24) is 10.6 Å². The summed E-state index contributed by atoms with van der Waals surface area (Å²) in [5.41, 5.74) is 2.15. The van der Waals surface area contributed by atoms with Gasteiger partial charge >= 0.3 is 6.18 Å². The van der Waals surface area contributed by atoms with Gasteiger partial charge in [-0.3, -0.25) is 4.99 Å². The molecule has 1 rings (SSSR count). The van der Waals surface area contributed by atoms with Crippen LogP contribution in [0, 0.1) is 6.92 Å². The Balaban J connectivity index is 2.69. The van der Waals surface area contributed by atoms with E-state index in [9.17, 15) is 13.2 Å². The Kier molecular flexibility index (Phi) is 6.91. The molecule has 0 fully saturated rings. The van der Waals surface area contributed by atoms with Gasteiger partial charge in [-0.1, -0.05) is 43.7 Å². The van der Waals surface area contributed by atoms with Crippen LogP contribution < -0.4 is 10.6 Å². The summed E-state index contributed by atoms with van der Waals surface area (Å²) in [7, 11) is 0. The summed E-state index contributed by atoms with van der Waals surface area (Å²) in [6, 6.07) is 8.23. The number of guanidine groups is 1. The van der Waals surface area contributed by atoms with Crippen molar-refractivity contribution in [3.05, 3.63) is 35.4 Å². The zero-order valence-corrected chi connectivity index (χ0v) is 14.2. The summed E-state index contributed by atoms with van der Waals surface area (Å²) in [5.74, 6) is 0.414. The van der Waals surface area contributed by atoms with E-state index in [1.807, 2.05) is 26.0 Å². The minimum Gasteiger partial charge on any atom is -0.357 e. The first-order chi connectivity index (χ1) is 10.6. The molecule has 0 amide bonds. The predicted octanol–water partition coefficient (Wildman–Crippen LogP) is 3.78. The van der Waals surface area contributed by atoms with Crippen molar-refractivity contribution in [2.75, 3.05) is 19.6 Å². The normalized spacial score (nSPS) is 13.1. The highest BCUT2D eigenvalue weighted by Crippen LogP contribution is 2.23. The van der Waals surface area contributed by atoms with E-state index < -0.39 is 12.6 Å². The van der Waals surface area contributed by atoms with Crippen molar-refractivity contribution < 1.29 is 13.2 Å². The number of nitrogens with zero attached hydrogens (tertiary/aromatic N) is 1. The Hall–Kier alpha value is -1.72. The number of hydrogen-bond donors (Lipinski definition) is 2. The summed E-state index contributed by atoms with van der Waals surface area (Å²) in [5, 5.41) is 5.70. The van der Waals surface area contributed by atoms with Crippen LogP contribution in [0.2, 0.25) is 0 Å². The van der Waals surface area contributed by atoms with E-state index in [0.717, 1.165) is 5.56 Å². The summed E-state index contributed by atoms with van der Waals surface area (Å²) >= 11 is 0. The molecule has 6 heteroatoms. The van der Waals surface area contributed by atoms with Crippen molar-refractivity contribution >= 4 is 5.96 Å². The van der Waals surface area contributed by atoms with Gasteiger partial charge in [0.1, 0.15) is 0 Å². The maximum Gasteiger partial charge on any atom is 0.390 e. The van der Waals surface area contributed by atoms with Gasteiger partial charge in [0.25, 0.3) is 0 Å². The molecule has 3 nitrogen and oxygen atoms in total. The molecule has 2 N–H and O–H groups in total. The Morgan fingerprint density at radius 1 is 1.09 bits per heavy atom. The van der Waals surface area contributed by atoms with E-state index in [-0.39, 0.29) is 12.0 Å². The lowest BCUT2D eigenvalue weighted by Crippen LogP contribution is -2.40. The van der Waals surface area contributed by atoms with E-state index in [1.165, 1.54) is 5.56 Å². The highest BCUT2D eigenvalue weighted by atomic mass is 19.4. The topological polar surface area (TPSA) is 36.4 Å². The number of nitrogens with one attached hydrogen (secondary N) is 2. The number of aryl methyl sites for hydroxylation is 1. The fourth-order valence-electron chi connectivity index (χ4n) is 2.04. The first-order valence-electron chi connectivity index (χ1n) is 7.80. The van der Waals surface area contributed by atoms with Crippen molar-refractivity contribution in [2.24, 2.45) is 4.99 Å². The molecule has 0 bridgehead atoms. The largest absolute Gasteiger partial charge is 0.390 e. The highest BCUT2D eigenvalue weighted by Gasteiger charge is 2.26. The van der Waals surface area contributed by atoms with Gasteiger partial charge in [0, 0.05) is 18.5 Å². The SMILES string of the molecule is CCNC(=NCC(C)(C)c1ccc(C)cc1)NCCC(F)(F)F. The molecule has 0 aromatic heterocycles. The van der Waals surface area contributed by atoms with Gasteiger partial charge in [0.05, 0.1) is 13.0 Å². The quantitative estimate of drug-likeness (QED) is 0.615. The van der Waals surface area contributed by atoms with E-state index in [2.05, 4.69) is 41.6 Å². The summed E-state index contributed by atoms with van der Waals surface area (Å²) in [6.07, 6.45) is -5.04. The second kappa shape index (κ2) is 8.22.